The van der Waals surface area contributed by atoms with Gasteiger partial charge in [-0.2, -0.15) is 5.26 Å². The number of anilines is 1. The Labute approximate surface area is 171 Å². The summed E-state index contributed by atoms with van der Waals surface area (Å²) in [5, 5.41) is 21.9. The lowest BCUT2D eigenvalue weighted by molar-refractivity contribution is -0.233. The lowest BCUT2D eigenvalue weighted by Gasteiger charge is -2.35. The van der Waals surface area contributed by atoms with Crippen LogP contribution in [0, 0.1) is 17.1 Å². The average molecular weight is 411 g/mol. The Morgan fingerprint density at radius 1 is 1.17 bits per heavy atom. The zero-order chi connectivity index (χ0) is 21.3. The molecule has 2 amide bonds. The highest BCUT2D eigenvalue weighted by Crippen LogP contribution is 2.26. The Kier molecular flexibility index (Phi) is 5.46. The number of halogens is 1. The highest BCUT2D eigenvalue weighted by atomic mass is 19.1. The van der Waals surface area contributed by atoms with Gasteiger partial charge < -0.3 is 19.9 Å². The molecule has 8 nitrogen and oxygen atoms in total. The van der Waals surface area contributed by atoms with Crippen LogP contribution in [0.25, 0.3) is 0 Å². The van der Waals surface area contributed by atoms with Crippen LogP contribution in [0.5, 0.6) is 0 Å². The molecule has 0 saturated carbocycles. The fourth-order valence-electron chi connectivity index (χ4n) is 3.45. The molecule has 9 heteroatoms. The fourth-order valence-corrected chi connectivity index (χ4v) is 3.45. The van der Waals surface area contributed by atoms with E-state index in [1.165, 1.54) is 12.1 Å². The maximum absolute atomic E-state index is 13.6. The number of hydrogen-bond donors (Lipinski definition) is 2. The van der Waals surface area contributed by atoms with E-state index in [9.17, 15) is 19.1 Å². The number of nitrogens with zero attached hydrogens (tertiary/aromatic N) is 2. The van der Waals surface area contributed by atoms with E-state index in [0.717, 1.165) is 11.0 Å². The summed E-state index contributed by atoms with van der Waals surface area (Å²) < 4.78 is 24.7. The van der Waals surface area contributed by atoms with Crippen LogP contribution in [0.2, 0.25) is 0 Å². The Bertz CT molecular complexity index is 995. The van der Waals surface area contributed by atoms with Gasteiger partial charge in [0.1, 0.15) is 18.0 Å². The number of carbonyl (C=O) groups is 2. The molecule has 2 aromatic rings. The van der Waals surface area contributed by atoms with E-state index in [4.69, 9.17) is 14.7 Å². The molecule has 4 rings (SSSR count). The molecular weight excluding hydrogens is 393 g/mol. The number of amides is 2. The number of ether oxygens (including phenoxy) is 2. The van der Waals surface area contributed by atoms with E-state index in [1.807, 2.05) is 0 Å². The van der Waals surface area contributed by atoms with Crippen molar-refractivity contribution in [3.63, 3.8) is 0 Å². The van der Waals surface area contributed by atoms with Gasteiger partial charge >= 0.3 is 0 Å². The van der Waals surface area contributed by atoms with Crippen molar-refractivity contribution in [3.05, 3.63) is 65.0 Å². The molecule has 30 heavy (non-hydrogen) atoms. The first-order valence-corrected chi connectivity index (χ1v) is 9.31. The number of hydrogen-bond acceptors (Lipinski definition) is 7. The number of imide groups is 1. The molecule has 1 fully saturated rings. The molecule has 0 aliphatic carbocycles. The standard InChI is InChI=1S/C21H18FN3O5/c22-17-7-13(6-5-12(17)8-23)24-9-18(26)21-29-10-14(11-30-21)25-19(27)15-3-1-2-4-16(15)20(25)28/h1-7,14,18,21,24,26H,9-11H2/t14?,18-,21?/m0/s1. The molecule has 2 N–H and O–H groups in total. The van der Waals surface area contributed by atoms with Crippen molar-refractivity contribution in [2.45, 2.75) is 18.4 Å². The predicted molar refractivity (Wildman–Crippen MR) is 102 cm³/mol. The zero-order valence-corrected chi connectivity index (χ0v) is 15.7. The zero-order valence-electron chi connectivity index (χ0n) is 15.7. The minimum atomic E-state index is -1.08. The molecule has 0 aromatic heterocycles. The minimum Gasteiger partial charge on any atom is -0.386 e. The number of rotatable bonds is 5. The fraction of sp³-hybridized carbons (Fsp3) is 0.286. The van der Waals surface area contributed by atoms with Gasteiger partial charge in [-0.05, 0) is 30.3 Å². The summed E-state index contributed by atoms with van der Waals surface area (Å²) in [5.41, 5.74) is 1.02. The molecular formula is C21H18FN3O5. The van der Waals surface area contributed by atoms with Gasteiger partial charge in [0.25, 0.3) is 11.8 Å². The lowest BCUT2D eigenvalue weighted by atomic mass is 10.1. The molecule has 2 aliphatic rings. The summed E-state index contributed by atoms with van der Waals surface area (Å²) in [6.45, 7) is 0.0606. The Hall–Kier alpha value is -3.32. The smallest absolute Gasteiger partial charge is 0.261 e. The van der Waals surface area contributed by atoms with Crippen molar-refractivity contribution in [1.82, 2.24) is 4.90 Å². The van der Waals surface area contributed by atoms with Crippen LogP contribution >= 0.6 is 0 Å². The van der Waals surface area contributed by atoms with Crippen molar-refractivity contribution in [1.29, 1.82) is 5.26 Å². The summed E-state index contributed by atoms with van der Waals surface area (Å²) in [7, 11) is 0. The Morgan fingerprint density at radius 2 is 1.80 bits per heavy atom. The van der Waals surface area contributed by atoms with Crippen molar-refractivity contribution < 1.29 is 28.6 Å². The SMILES string of the molecule is N#Cc1ccc(NC[C@H](O)C2OCC(N3C(=O)c4ccccc4C3=O)CO2)cc1F. The third-order valence-electron chi connectivity index (χ3n) is 5.02. The van der Waals surface area contributed by atoms with Gasteiger partial charge in [0.05, 0.1) is 35.9 Å². The third-order valence-corrected chi connectivity index (χ3v) is 5.02. The number of carbonyl (C=O) groups excluding carboxylic acids is 2. The second kappa shape index (κ2) is 8.20. The normalized spacial score (nSPS) is 21.8. The molecule has 154 valence electrons. The lowest BCUT2D eigenvalue weighted by Crippen LogP contribution is -2.52. The van der Waals surface area contributed by atoms with E-state index in [0.29, 0.717) is 16.8 Å². The molecule has 2 aromatic carbocycles. The summed E-state index contributed by atoms with van der Waals surface area (Å²) in [4.78, 5) is 26.2. The van der Waals surface area contributed by atoms with Gasteiger partial charge in [0.2, 0.25) is 0 Å². The highest BCUT2D eigenvalue weighted by Gasteiger charge is 2.42. The van der Waals surface area contributed by atoms with Crippen molar-refractivity contribution in [3.8, 4) is 6.07 Å². The van der Waals surface area contributed by atoms with Gasteiger partial charge in [-0.15, -0.1) is 0 Å². The van der Waals surface area contributed by atoms with Crippen molar-refractivity contribution in [2.24, 2.45) is 0 Å². The molecule has 2 aliphatic heterocycles. The number of aliphatic hydroxyl groups is 1. The van der Waals surface area contributed by atoms with Crippen LogP contribution in [-0.2, 0) is 9.47 Å². The second-order valence-corrected chi connectivity index (χ2v) is 6.97. The van der Waals surface area contributed by atoms with Crippen molar-refractivity contribution in [2.75, 3.05) is 25.1 Å². The predicted octanol–water partition coefficient (Wildman–Crippen LogP) is 1.51. The first-order chi connectivity index (χ1) is 14.5. The molecule has 1 atom stereocenters. The second-order valence-electron chi connectivity index (χ2n) is 6.97. The van der Waals surface area contributed by atoms with Crippen LogP contribution in [0.4, 0.5) is 10.1 Å². The van der Waals surface area contributed by atoms with Crippen LogP contribution in [0.15, 0.2) is 42.5 Å². The molecule has 0 bridgehead atoms. The van der Waals surface area contributed by atoms with E-state index in [-0.39, 0.29) is 25.3 Å². The van der Waals surface area contributed by atoms with E-state index >= 15 is 0 Å². The van der Waals surface area contributed by atoms with E-state index in [2.05, 4.69) is 5.32 Å². The van der Waals surface area contributed by atoms with Gasteiger partial charge in [-0.3, -0.25) is 14.5 Å². The molecule has 1 saturated heterocycles. The van der Waals surface area contributed by atoms with Gasteiger partial charge in [-0.25, -0.2) is 4.39 Å². The maximum Gasteiger partial charge on any atom is 0.261 e. The Balaban J connectivity index is 1.31. The minimum absolute atomic E-state index is 0.00763. The largest absolute Gasteiger partial charge is 0.386 e. The summed E-state index contributed by atoms with van der Waals surface area (Å²) >= 11 is 0. The summed E-state index contributed by atoms with van der Waals surface area (Å²) in [6.07, 6.45) is -2.04. The van der Waals surface area contributed by atoms with E-state index < -0.39 is 36.1 Å². The first kappa shape index (κ1) is 20.0. The van der Waals surface area contributed by atoms with Crippen LogP contribution in [-0.4, -0.2) is 60.0 Å². The number of nitriles is 1. The molecule has 0 unspecified atom stereocenters. The number of benzene rings is 2. The topological polar surface area (TPSA) is 112 Å². The van der Waals surface area contributed by atoms with E-state index in [1.54, 1.807) is 30.3 Å². The van der Waals surface area contributed by atoms with Crippen LogP contribution < -0.4 is 5.32 Å². The number of nitrogens with one attached hydrogen (secondary N) is 1. The van der Waals surface area contributed by atoms with Gasteiger partial charge in [0.15, 0.2) is 6.29 Å². The first-order valence-electron chi connectivity index (χ1n) is 9.31. The summed E-state index contributed by atoms with van der Waals surface area (Å²) in [5.74, 6) is -1.45. The Morgan fingerprint density at radius 3 is 2.37 bits per heavy atom. The molecule has 0 radical (unpaired) electrons. The van der Waals surface area contributed by atoms with Crippen molar-refractivity contribution >= 4 is 17.5 Å². The highest BCUT2D eigenvalue weighted by molar-refractivity contribution is 6.21. The number of fused-ring (bicyclic) bond motifs is 1. The quantitative estimate of drug-likeness (QED) is 0.717. The summed E-state index contributed by atoms with van der Waals surface area (Å²) in [6, 6.07) is 11.8. The van der Waals surface area contributed by atoms with Gasteiger partial charge in [-0.1, -0.05) is 12.1 Å². The van der Waals surface area contributed by atoms with Crippen LogP contribution in [0.3, 0.4) is 0 Å². The van der Waals surface area contributed by atoms with Gasteiger partial charge in [0, 0.05) is 12.2 Å². The average Bonchev–Trinajstić information content (AvgIpc) is 3.02. The van der Waals surface area contributed by atoms with Crippen LogP contribution in [0.1, 0.15) is 26.3 Å². The number of aliphatic hydroxyl groups excluding tert-OH is 1. The molecule has 2 heterocycles. The monoisotopic (exact) mass is 411 g/mol. The third kappa shape index (κ3) is 3.64. The molecule has 0 spiro atoms. The maximum atomic E-state index is 13.6.